The van der Waals surface area contributed by atoms with Crippen LogP contribution >= 0.6 is 0 Å². The first-order chi connectivity index (χ1) is 18.2. The Kier molecular flexibility index (Phi) is 5.71. The van der Waals surface area contributed by atoms with Crippen LogP contribution in [-0.2, 0) is 9.53 Å². The van der Waals surface area contributed by atoms with Crippen molar-refractivity contribution in [2.75, 3.05) is 6.61 Å². The van der Waals surface area contributed by atoms with Crippen LogP contribution < -0.4 is 0 Å². The van der Waals surface area contributed by atoms with Gasteiger partial charge in [0.25, 0.3) is 0 Å². The highest BCUT2D eigenvalue weighted by Crippen LogP contribution is 2.30. The molecule has 7 heteroatoms. The molecule has 6 rings (SSSR count). The van der Waals surface area contributed by atoms with Gasteiger partial charge >= 0.3 is 5.97 Å². The van der Waals surface area contributed by atoms with Crippen LogP contribution in [0.15, 0.2) is 108 Å². The van der Waals surface area contributed by atoms with Crippen molar-refractivity contribution in [1.29, 1.82) is 0 Å². The molecule has 0 aliphatic rings. The van der Waals surface area contributed by atoms with Gasteiger partial charge in [-0.2, -0.15) is 5.10 Å². The number of carbonyl (C=O) groups is 2. The summed E-state index contributed by atoms with van der Waals surface area (Å²) in [6, 6.07) is 26.8. The summed E-state index contributed by atoms with van der Waals surface area (Å²) in [4.78, 5) is 28.2. The summed E-state index contributed by atoms with van der Waals surface area (Å²) < 4.78 is 13.0. The number of benzene rings is 3. The van der Waals surface area contributed by atoms with E-state index in [0.717, 1.165) is 27.6 Å². The molecule has 0 unspecified atom stereocenters. The minimum Gasteiger partial charge on any atom is -0.454 e. The van der Waals surface area contributed by atoms with Gasteiger partial charge in [-0.1, -0.05) is 54.6 Å². The number of aromatic amines is 1. The van der Waals surface area contributed by atoms with Crippen molar-refractivity contribution in [3.05, 3.63) is 115 Å². The summed E-state index contributed by atoms with van der Waals surface area (Å²) in [6.07, 6.45) is 6.36. The Bertz CT molecular complexity index is 1740. The number of hydrogen-bond acceptors (Lipinski definition) is 5. The molecule has 3 aromatic carbocycles. The maximum atomic E-state index is 12.6. The van der Waals surface area contributed by atoms with Gasteiger partial charge < -0.3 is 14.1 Å². The van der Waals surface area contributed by atoms with Gasteiger partial charge in [0.2, 0.25) is 5.78 Å². The molecule has 0 spiro atoms. The quantitative estimate of drug-likeness (QED) is 0.164. The molecule has 7 nitrogen and oxygen atoms in total. The number of carbonyl (C=O) groups excluding carboxylic acids is 2. The summed E-state index contributed by atoms with van der Waals surface area (Å²) in [6.45, 7) is -0.356. The third-order valence-electron chi connectivity index (χ3n) is 6.06. The van der Waals surface area contributed by atoms with Crippen LogP contribution in [0.4, 0.5) is 0 Å². The van der Waals surface area contributed by atoms with Crippen LogP contribution in [0.5, 0.6) is 0 Å². The highest BCUT2D eigenvalue weighted by Gasteiger charge is 2.16. The molecule has 6 aromatic rings. The number of esters is 1. The van der Waals surface area contributed by atoms with Crippen molar-refractivity contribution in [2.45, 2.75) is 0 Å². The van der Waals surface area contributed by atoms with Gasteiger partial charge in [-0.3, -0.25) is 4.79 Å². The first-order valence-corrected chi connectivity index (χ1v) is 11.7. The fourth-order valence-electron chi connectivity index (χ4n) is 4.23. The van der Waals surface area contributed by atoms with Crippen LogP contribution in [0, 0.1) is 0 Å². The van der Waals surface area contributed by atoms with E-state index in [1.807, 2.05) is 91.1 Å². The van der Waals surface area contributed by atoms with Gasteiger partial charge in [-0.25, -0.2) is 9.48 Å². The van der Waals surface area contributed by atoms with Gasteiger partial charge in [0.15, 0.2) is 12.4 Å². The number of nitrogens with zero attached hydrogens (tertiary/aromatic N) is 2. The first kappa shape index (κ1) is 22.3. The first-order valence-electron chi connectivity index (χ1n) is 11.7. The number of rotatable bonds is 7. The molecule has 0 amide bonds. The van der Waals surface area contributed by atoms with Crippen LogP contribution in [0.3, 0.4) is 0 Å². The molecule has 0 aliphatic carbocycles. The van der Waals surface area contributed by atoms with Crippen molar-refractivity contribution in [3.63, 3.8) is 0 Å². The SMILES string of the molecule is O=C(C=Cc1cn(-c2ccccc2)nc1-c1cc2ccccc2o1)OCC(=O)c1c[nH]c2ccccc12. The number of fused-ring (bicyclic) bond motifs is 2. The number of para-hydroxylation sites is 3. The highest BCUT2D eigenvalue weighted by atomic mass is 16.5. The fourth-order valence-corrected chi connectivity index (χ4v) is 4.23. The topological polar surface area (TPSA) is 90.1 Å². The molecule has 0 fully saturated rings. The Labute approximate surface area is 211 Å². The predicted molar refractivity (Wildman–Crippen MR) is 141 cm³/mol. The number of ether oxygens (including phenoxy) is 1. The number of H-pyrrole nitrogens is 1. The predicted octanol–water partition coefficient (Wildman–Crippen LogP) is 6.21. The van der Waals surface area contributed by atoms with E-state index in [4.69, 9.17) is 14.3 Å². The molecule has 37 heavy (non-hydrogen) atoms. The van der Waals surface area contributed by atoms with E-state index in [9.17, 15) is 9.59 Å². The van der Waals surface area contributed by atoms with E-state index in [1.165, 1.54) is 6.08 Å². The molecule has 1 N–H and O–H groups in total. The van der Waals surface area contributed by atoms with Gasteiger partial charge in [0.1, 0.15) is 11.3 Å². The van der Waals surface area contributed by atoms with Gasteiger partial charge in [-0.15, -0.1) is 0 Å². The number of aromatic nitrogens is 3. The third kappa shape index (κ3) is 4.46. The zero-order valence-corrected chi connectivity index (χ0v) is 19.6. The van der Waals surface area contributed by atoms with Gasteiger partial charge in [0, 0.05) is 45.9 Å². The molecule has 180 valence electrons. The second-order valence-electron chi connectivity index (χ2n) is 8.47. The largest absolute Gasteiger partial charge is 0.454 e. The molecule has 0 bridgehead atoms. The third-order valence-corrected chi connectivity index (χ3v) is 6.06. The second kappa shape index (κ2) is 9.47. The molecule has 0 saturated heterocycles. The van der Waals surface area contributed by atoms with Crippen LogP contribution in [0.25, 0.3) is 45.1 Å². The maximum Gasteiger partial charge on any atom is 0.331 e. The number of hydrogen-bond donors (Lipinski definition) is 1. The standard InChI is InChI=1S/C30H21N3O4/c34-26(24-17-31-25-12-6-5-11-23(24)25)19-36-29(35)15-14-21-18-33(22-9-2-1-3-10-22)32-30(21)28-16-20-8-4-7-13-27(20)37-28/h1-18,31H,19H2. The van der Waals surface area contributed by atoms with Gasteiger partial charge in [-0.05, 0) is 36.4 Å². The Morgan fingerprint density at radius 2 is 1.76 bits per heavy atom. The zero-order valence-electron chi connectivity index (χ0n) is 19.6. The number of Topliss-reactive ketones (excluding diaryl/α,β-unsaturated/α-hetero) is 1. The lowest BCUT2D eigenvalue weighted by Crippen LogP contribution is -2.12. The van der Waals surface area contributed by atoms with Crippen LogP contribution in [0.2, 0.25) is 0 Å². The highest BCUT2D eigenvalue weighted by molar-refractivity contribution is 6.09. The average Bonchev–Trinajstić information content (AvgIpc) is 3.67. The molecule has 0 aliphatic heterocycles. The van der Waals surface area contributed by atoms with E-state index in [-0.39, 0.29) is 12.4 Å². The summed E-state index contributed by atoms with van der Waals surface area (Å²) in [5.41, 5.74) is 4.21. The lowest BCUT2D eigenvalue weighted by atomic mass is 10.1. The van der Waals surface area contributed by atoms with E-state index in [2.05, 4.69) is 4.98 Å². The summed E-state index contributed by atoms with van der Waals surface area (Å²) in [7, 11) is 0. The van der Waals surface area contributed by atoms with E-state index >= 15 is 0 Å². The maximum absolute atomic E-state index is 12.6. The Balaban J connectivity index is 1.24. The van der Waals surface area contributed by atoms with E-state index in [0.29, 0.717) is 22.6 Å². The molecule has 0 saturated carbocycles. The van der Waals surface area contributed by atoms with Crippen molar-refractivity contribution >= 4 is 39.7 Å². The lowest BCUT2D eigenvalue weighted by Gasteiger charge is -2.01. The van der Waals surface area contributed by atoms with E-state index in [1.54, 1.807) is 17.0 Å². The van der Waals surface area contributed by atoms with Crippen molar-refractivity contribution < 1.29 is 18.7 Å². The van der Waals surface area contributed by atoms with Crippen molar-refractivity contribution in [2.24, 2.45) is 0 Å². The van der Waals surface area contributed by atoms with E-state index < -0.39 is 5.97 Å². The molecule has 0 radical (unpaired) electrons. The van der Waals surface area contributed by atoms with Crippen LogP contribution in [0.1, 0.15) is 15.9 Å². The van der Waals surface area contributed by atoms with Crippen LogP contribution in [-0.4, -0.2) is 33.1 Å². The summed E-state index contributed by atoms with van der Waals surface area (Å²) in [5, 5.41) is 6.47. The normalized spacial score (nSPS) is 11.5. The van der Waals surface area contributed by atoms with Gasteiger partial charge in [0.05, 0.1) is 5.69 Å². The molecular formula is C30H21N3O4. The second-order valence-corrected chi connectivity index (χ2v) is 8.47. The molecular weight excluding hydrogens is 466 g/mol. The summed E-state index contributed by atoms with van der Waals surface area (Å²) >= 11 is 0. The molecule has 3 heterocycles. The summed E-state index contributed by atoms with van der Waals surface area (Å²) in [5.74, 6) is -0.325. The fraction of sp³-hybridized carbons (Fsp3) is 0.0333. The smallest absolute Gasteiger partial charge is 0.331 e. The minimum absolute atomic E-state index is 0.279. The minimum atomic E-state index is -0.629. The Morgan fingerprint density at radius 1 is 0.973 bits per heavy atom. The molecule has 0 atom stereocenters. The lowest BCUT2D eigenvalue weighted by molar-refractivity contribution is -0.136. The average molecular weight is 488 g/mol. The zero-order chi connectivity index (χ0) is 25.2. The van der Waals surface area contributed by atoms with Crippen molar-refractivity contribution in [1.82, 2.24) is 14.8 Å². The number of nitrogens with one attached hydrogen (secondary N) is 1. The number of furan rings is 1. The van der Waals surface area contributed by atoms with Crippen molar-refractivity contribution in [3.8, 4) is 17.1 Å². The monoisotopic (exact) mass is 487 g/mol. The Hall–Kier alpha value is -5.17. The number of ketones is 1. The Morgan fingerprint density at radius 3 is 2.62 bits per heavy atom. The molecule has 3 aromatic heterocycles.